The van der Waals surface area contributed by atoms with Gasteiger partial charge in [-0.3, -0.25) is 4.90 Å². The van der Waals surface area contributed by atoms with Gasteiger partial charge in [-0.05, 0) is 24.3 Å². The van der Waals surface area contributed by atoms with Gasteiger partial charge in [-0.1, -0.05) is 0 Å². The van der Waals surface area contributed by atoms with Gasteiger partial charge in [0, 0.05) is 11.4 Å². The predicted molar refractivity (Wildman–Crippen MR) is 54.5 cm³/mol. The van der Waals surface area contributed by atoms with Gasteiger partial charge in [-0.25, -0.2) is 4.79 Å². The smallest absolute Gasteiger partial charge is 0.427 e. The molecule has 1 fully saturated rings. The second kappa shape index (κ2) is 3.83. The zero-order valence-electron chi connectivity index (χ0n) is 8.57. The highest BCUT2D eigenvalue weighted by atomic mass is 19.4. The number of hydrogen-bond acceptors (Lipinski definition) is 3. The normalized spacial score (nSPS) is 20.5. The summed E-state index contributed by atoms with van der Waals surface area (Å²) in [6, 6.07) is 5.94. The van der Waals surface area contributed by atoms with Gasteiger partial charge in [0.15, 0.2) is 0 Å². The lowest BCUT2D eigenvalue weighted by atomic mass is 10.2. The molecule has 1 aromatic carbocycles. The van der Waals surface area contributed by atoms with E-state index in [1.165, 1.54) is 24.3 Å². The molecule has 0 aliphatic carbocycles. The maximum Gasteiger partial charge on any atom is 0.427 e. The van der Waals surface area contributed by atoms with Crippen molar-refractivity contribution in [1.82, 2.24) is 0 Å². The fourth-order valence-corrected chi connectivity index (χ4v) is 1.50. The van der Waals surface area contributed by atoms with Crippen molar-refractivity contribution in [2.45, 2.75) is 12.3 Å². The number of amides is 1. The lowest BCUT2D eigenvalue weighted by Gasteiger charge is -2.14. The molecule has 1 aromatic rings. The fourth-order valence-electron chi connectivity index (χ4n) is 1.50. The van der Waals surface area contributed by atoms with Crippen LogP contribution in [0.4, 0.5) is 29.3 Å². The molecular weight excluding hydrogens is 237 g/mol. The van der Waals surface area contributed by atoms with E-state index in [4.69, 9.17) is 5.73 Å². The quantitative estimate of drug-likeness (QED) is 0.772. The van der Waals surface area contributed by atoms with Crippen LogP contribution in [0.3, 0.4) is 0 Å². The zero-order chi connectivity index (χ0) is 12.6. The Kier molecular flexibility index (Phi) is 2.60. The summed E-state index contributed by atoms with van der Waals surface area (Å²) < 4.78 is 41.3. The Balaban J connectivity index is 2.19. The largest absolute Gasteiger partial charge is 0.434 e. The van der Waals surface area contributed by atoms with Gasteiger partial charge in [0.1, 0.15) is 0 Å². The number of carbonyl (C=O) groups is 1. The number of nitrogens with zero attached hydrogens (tertiary/aromatic N) is 1. The molecule has 1 aliphatic heterocycles. The molecule has 0 bridgehead atoms. The lowest BCUT2D eigenvalue weighted by Crippen LogP contribution is -2.33. The van der Waals surface area contributed by atoms with Crippen LogP contribution >= 0.6 is 0 Å². The van der Waals surface area contributed by atoms with Gasteiger partial charge < -0.3 is 10.5 Å². The van der Waals surface area contributed by atoms with Crippen LogP contribution in [0, 0.1) is 0 Å². The third-order valence-electron chi connectivity index (χ3n) is 2.38. The van der Waals surface area contributed by atoms with Crippen LogP contribution in [0.2, 0.25) is 0 Å². The van der Waals surface area contributed by atoms with Crippen LogP contribution < -0.4 is 10.6 Å². The summed E-state index contributed by atoms with van der Waals surface area (Å²) >= 11 is 0. The number of benzene rings is 1. The average molecular weight is 246 g/mol. The fraction of sp³-hybridized carbons (Fsp3) is 0.300. The van der Waals surface area contributed by atoms with Crippen LogP contribution in [-0.2, 0) is 4.74 Å². The second-order valence-electron chi connectivity index (χ2n) is 3.62. The third-order valence-corrected chi connectivity index (χ3v) is 2.38. The number of carbonyl (C=O) groups excluding carboxylic acids is 1. The molecule has 2 N–H and O–H groups in total. The first-order valence-electron chi connectivity index (χ1n) is 4.78. The summed E-state index contributed by atoms with van der Waals surface area (Å²) in [5.41, 5.74) is 6.24. The van der Waals surface area contributed by atoms with Gasteiger partial charge in [-0.2, -0.15) is 13.2 Å². The van der Waals surface area contributed by atoms with Crippen LogP contribution in [0.1, 0.15) is 0 Å². The number of cyclic esters (lactones) is 1. The summed E-state index contributed by atoms with van der Waals surface area (Å²) in [5.74, 6) is 0. The Bertz CT molecular complexity index is 430. The Morgan fingerprint density at radius 1 is 1.29 bits per heavy atom. The van der Waals surface area contributed by atoms with Gasteiger partial charge >= 0.3 is 12.3 Å². The third kappa shape index (κ3) is 2.27. The molecule has 7 heteroatoms. The monoisotopic (exact) mass is 246 g/mol. The van der Waals surface area contributed by atoms with Gasteiger partial charge in [0.05, 0.1) is 6.54 Å². The molecule has 4 nitrogen and oxygen atoms in total. The Labute approximate surface area is 94.8 Å². The van der Waals surface area contributed by atoms with E-state index in [1.54, 1.807) is 0 Å². The van der Waals surface area contributed by atoms with Gasteiger partial charge in [-0.15, -0.1) is 0 Å². The van der Waals surface area contributed by atoms with Crippen LogP contribution in [0.5, 0.6) is 0 Å². The molecule has 0 radical (unpaired) electrons. The first-order chi connectivity index (χ1) is 7.88. The van der Waals surface area contributed by atoms with Crippen LogP contribution in [0.15, 0.2) is 24.3 Å². The highest BCUT2D eigenvalue weighted by molar-refractivity contribution is 5.90. The summed E-state index contributed by atoms with van der Waals surface area (Å²) in [4.78, 5) is 12.2. The van der Waals surface area contributed by atoms with E-state index >= 15 is 0 Å². The van der Waals surface area contributed by atoms with E-state index < -0.39 is 24.9 Å². The lowest BCUT2D eigenvalue weighted by molar-refractivity contribution is -0.191. The van der Waals surface area contributed by atoms with Gasteiger partial charge in [0.25, 0.3) is 0 Å². The van der Waals surface area contributed by atoms with Crippen molar-refractivity contribution in [3.05, 3.63) is 24.3 Å². The molecule has 92 valence electrons. The van der Waals surface area contributed by atoms with Crippen molar-refractivity contribution < 1.29 is 22.7 Å². The molecule has 1 aliphatic rings. The molecule has 0 spiro atoms. The molecule has 1 saturated heterocycles. The maximum absolute atomic E-state index is 12.4. The number of anilines is 2. The van der Waals surface area contributed by atoms with E-state index in [2.05, 4.69) is 4.74 Å². The first-order valence-corrected chi connectivity index (χ1v) is 4.78. The predicted octanol–water partition coefficient (Wildman–Crippen LogP) is 2.16. The van der Waals surface area contributed by atoms with E-state index in [0.717, 1.165) is 4.90 Å². The zero-order valence-corrected chi connectivity index (χ0v) is 8.57. The summed E-state index contributed by atoms with van der Waals surface area (Å²) in [6.45, 7) is -0.535. The Morgan fingerprint density at radius 2 is 1.88 bits per heavy atom. The molecule has 0 saturated carbocycles. The minimum atomic E-state index is -4.54. The molecular formula is C10H9F3N2O2. The molecule has 1 unspecified atom stereocenters. The molecule has 1 atom stereocenters. The van der Waals surface area contributed by atoms with Gasteiger partial charge in [0.2, 0.25) is 6.10 Å². The number of ether oxygens (including phenoxy) is 1. The Morgan fingerprint density at radius 3 is 2.35 bits per heavy atom. The average Bonchev–Trinajstić information content (AvgIpc) is 2.61. The number of rotatable bonds is 1. The van der Waals surface area contributed by atoms with E-state index in [9.17, 15) is 18.0 Å². The van der Waals surface area contributed by atoms with Crippen LogP contribution in [-0.4, -0.2) is 24.9 Å². The maximum atomic E-state index is 12.4. The van der Waals surface area contributed by atoms with Crippen LogP contribution in [0.25, 0.3) is 0 Å². The topological polar surface area (TPSA) is 55.6 Å². The van der Waals surface area contributed by atoms with Crippen molar-refractivity contribution >= 4 is 17.5 Å². The minimum absolute atomic E-state index is 0.330. The molecule has 0 aromatic heterocycles. The standard InChI is InChI=1S/C10H9F3N2O2/c11-10(12,13)8-5-15(9(16)17-8)7-3-1-6(14)2-4-7/h1-4,8H,5,14H2. The van der Waals surface area contributed by atoms with E-state index in [0.29, 0.717) is 11.4 Å². The number of hydrogen-bond donors (Lipinski definition) is 1. The number of nitrogen functional groups attached to an aromatic ring is 1. The SMILES string of the molecule is Nc1ccc(N2CC(C(F)(F)F)OC2=O)cc1. The van der Waals surface area contributed by atoms with E-state index in [1.807, 2.05) is 0 Å². The van der Waals surface area contributed by atoms with E-state index in [-0.39, 0.29) is 0 Å². The minimum Gasteiger partial charge on any atom is -0.434 e. The van der Waals surface area contributed by atoms with Crippen molar-refractivity contribution in [1.29, 1.82) is 0 Å². The van der Waals surface area contributed by atoms with Crippen molar-refractivity contribution in [3.63, 3.8) is 0 Å². The summed E-state index contributed by atoms with van der Waals surface area (Å²) in [7, 11) is 0. The highest BCUT2D eigenvalue weighted by Gasteiger charge is 2.49. The summed E-state index contributed by atoms with van der Waals surface area (Å²) in [5, 5.41) is 0. The Hall–Kier alpha value is -1.92. The first kappa shape index (κ1) is 11.6. The van der Waals surface area contributed by atoms with Crippen molar-refractivity contribution in [3.8, 4) is 0 Å². The van der Waals surface area contributed by atoms with Crippen molar-refractivity contribution in [2.24, 2.45) is 0 Å². The number of halogens is 3. The highest BCUT2D eigenvalue weighted by Crippen LogP contribution is 2.31. The van der Waals surface area contributed by atoms with Crippen molar-refractivity contribution in [2.75, 3.05) is 17.2 Å². The number of nitrogens with two attached hydrogens (primary N) is 1. The molecule has 1 heterocycles. The second-order valence-corrected chi connectivity index (χ2v) is 3.62. The number of alkyl halides is 3. The molecule has 1 amide bonds. The molecule has 2 rings (SSSR count). The summed E-state index contributed by atoms with van der Waals surface area (Å²) in [6.07, 6.45) is -7.62. The molecule has 17 heavy (non-hydrogen) atoms.